The fourth-order valence-electron chi connectivity index (χ4n) is 4.10. The molecule has 0 spiro atoms. The van der Waals surface area contributed by atoms with Crippen LogP contribution in [0.1, 0.15) is 22.3 Å². The number of benzene rings is 1. The van der Waals surface area contributed by atoms with Crippen LogP contribution in [0.4, 0.5) is 13.2 Å². The molecule has 0 radical (unpaired) electrons. The largest absolute Gasteiger partial charge is 0.416 e. The van der Waals surface area contributed by atoms with Crippen LogP contribution in [0.25, 0.3) is 0 Å². The molecule has 7 nitrogen and oxygen atoms in total. The molecule has 28 heavy (non-hydrogen) atoms. The molecule has 1 aromatic carbocycles. The molecule has 3 heterocycles. The van der Waals surface area contributed by atoms with Gasteiger partial charge in [0.25, 0.3) is 5.91 Å². The average Bonchev–Trinajstić information content (AvgIpc) is 3.07. The molecule has 0 saturated carbocycles. The van der Waals surface area contributed by atoms with Gasteiger partial charge in [0.15, 0.2) is 0 Å². The number of piperazine rings is 2. The van der Waals surface area contributed by atoms with Gasteiger partial charge in [-0.25, -0.2) is 0 Å². The number of carbonyl (C=O) groups is 3. The molecular formula is C18H18F3N3O4. The van der Waals surface area contributed by atoms with Gasteiger partial charge >= 0.3 is 6.18 Å². The van der Waals surface area contributed by atoms with Crippen molar-refractivity contribution in [3.8, 4) is 0 Å². The van der Waals surface area contributed by atoms with E-state index in [0.717, 1.165) is 24.3 Å². The fourth-order valence-corrected chi connectivity index (χ4v) is 4.10. The van der Waals surface area contributed by atoms with Gasteiger partial charge in [0.05, 0.1) is 18.2 Å². The molecule has 3 fully saturated rings. The van der Waals surface area contributed by atoms with Crippen molar-refractivity contribution in [2.24, 2.45) is 0 Å². The van der Waals surface area contributed by atoms with Crippen LogP contribution < -0.4 is 0 Å². The number of aliphatic hydroxyl groups is 1. The van der Waals surface area contributed by atoms with E-state index < -0.39 is 35.8 Å². The van der Waals surface area contributed by atoms with Crippen molar-refractivity contribution >= 4 is 17.7 Å². The first-order chi connectivity index (χ1) is 13.2. The highest BCUT2D eigenvalue weighted by molar-refractivity contribution is 5.99. The van der Waals surface area contributed by atoms with Crippen molar-refractivity contribution in [1.82, 2.24) is 14.7 Å². The number of rotatable bonds is 1. The van der Waals surface area contributed by atoms with Crippen LogP contribution >= 0.6 is 0 Å². The van der Waals surface area contributed by atoms with Crippen LogP contribution in [-0.4, -0.2) is 81.9 Å². The molecule has 0 aromatic heterocycles. The van der Waals surface area contributed by atoms with Gasteiger partial charge in [-0.05, 0) is 24.3 Å². The molecule has 1 aromatic rings. The predicted molar refractivity (Wildman–Crippen MR) is 89.0 cm³/mol. The van der Waals surface area contributed by atoms with E-state index in [1.807, 2.05) is 0 Å². The Hall–Kier alpha value is -2.62. The summed E-state index contributed by atoms with van der Waals surface area (Å²) in [6.07, 6.45) is -5.02. The molecule has 0 bridgehead atoms. The highest BCUT2D eigenvalue weighted by Gasteiger charge is 2.52. The average molecular weight is 397 g/mol. The van der Waals surface area contributed by atoms with Crippen LogP contribution in [0.15, 0.2) is 24.3 Å². The smallest absolute Gasteiger partial charge is 0.391 e. The van der Waals surface area contributed by atoms with Gasteiger partial charge in [-0.1, -0.05) is 0 Å². The monoisotopic (exact) mass is 397 g/mol. The van der Waals surface area contributed by atoms with Crippen LogP contribution in [0.2, 0.25) is 0 Å². The van der Waals surface area contributed by atoms with Crippen LogP contribution in [0.3, 0.4) is 0 Å². The third-order valence-corrected chi connectivity index (χ3v) is 5.54. The zero-order valence-corrected chi connectivity index (χ0v) is 14.7. The van der Waals surface area contributed by atoms with Crippen molar-refractivity contribution in [3.05, 3.63) is 35.4 Å². The lowest BCUT2D eigenvalue weighted by Gasteiger charge is -2.47. The molecule has 1 N–H and O–H groups in total. The van der Waals surface area contributed by atoms with E-state index >= 15 is 0 Å². The van der Waals surface area contributed by atoms with Crippen LogP contribution in [-0.2, 0) is 15.8 Å². The Kier molecular flexibility index (Phi) is 4.33. The first-order valence-electron chi connectivity index (χ1n) is 8.92. The zero-order chi connectivity index (χ0) is 20.2. The van der Waals surface area contributed by atoms with Gasteiger partial charge in [0, 0.05) is 31.6 Å². The second-order valence-electron chi connectivity index (χ2n) is 7.27. The summed E-state index contributed by atoms with van der Waals surface area (Å²) in [5.41, 5.74) is -0.758. The van der Waals surface area contributed by atoms with Gasteiger partial charge in [-0.3, -0.25) is 14.4 Å². The topological polar surface area (TPSA) is 81.2 Å². The molecule has 0 aliphatic carbocycles. The highest BCUT2D eigenvalue weighted by atomic mass is 19.4. The Balaban J connectivity index is 1.51. The first kappa shape index (κ1) is 18.7. The van der Waals surface area contributed by atoms with Crippen molar-refractivity contribution < 1.29 is 32.7 Å². The Bertz CT molecular complexity index is 826. The summed E-state index contributed by atoms with van der Waals surface area (Å²) in [4.78, 5) is 42.2. The zero-order valence-electron chi connectivity index (χ0n) is 14.7. The maximum Gasteiger partial charge on any atom is 0.416 e. The lowest BCUT2D eigenvalue weighted by molar-refractivity contribution is -0.162. The number of amides is 3. The van der Waals surface area contributed by atoms with Gasteiger partial charge in [0.2, 0.25) is 11.8 Å². The van der Waals surface area contributed by atoms with Gasteiger partial charge in [-0.15, -0.1) is 0 Å². The summed E-state index contributed by atoms with van der Waals surface area (Å²) in [6, 6.07) is 2.41. The summed E-state index contributed by atoms with van der Waals surface area (Å²) in [6.45, 7) is 0.420. The van der Waals surface area contributed by atoms with E-state index in [1.165, 1.54) is 14.7 Å². The molecule has 3 atom stereocenters. The third kappa shape index (κ3) is 3.01. The molecule has 3 saturated heterocycles. The molecule has 10 heteroatoms. The Labute approximate surface area is 158 Å². The van der Waals surface area contributed by atoms with Crippen molar-refractivity contribution in [3.63, 3.8) is 0 Å². The summed E-state index contributed by atoms with van der Waals surface area (Å²) in [7, 11) is 0. The molecule has 4 rings (SSSR count). The minimum atomic E-state index is -4.49. The van der Waals surface area contributed by atoms with Gasteiger partial charge in [0.1, 0.15) is 12.1 Å². The lowest BCUT2D eigenvalue weighted by atomic mass is 10.0. The second kappa shape index (κ2) is 6.47. The van der Waals surface area contributed by atoms with E-state index in [4.69, 9.17) is 0 Å². The number of aliphatic hydroxyl groups excluding tert-OH is 1. The minimum absolute atomic E-state index is 0.0241. The van der Waals surface area contributed by atoms with E-state index in [0.29, 0.717) is 0 Å². The van der Waals surface area contributed by atoms with Crippen molar-refractivity contribution in [2.45, 2.75) is 30.8 Å². The fraction of sp³-hybridized carbons (Fsp3) is 0.500. The molecule has 3 aliphatic heterocycles. The number of nitrogens with zero attached hydrogens (tertiary/aromatic N) is 3. The summed E-state index contributed by atoms with van der Waals surface area (Å²) in [5, 5.41) is 9.79. The van der Waals surface area contributed by atoms with Crippen molar-refractivity contribution in [1.29, 1.82) is 0 Å². The number of alkyl halides is 3. The number of hydrogen-bond donors (Lipinski definition) is 1. The number of hydrogen-bond acceptors (Lipinski definition) is 4. The maximum absolute atomic E-state index is 12.7. The quantitative estimate of drug-likeness (QED) is 0.741. The SMILES string of the molecule is O=C(c1ccc(C(F)(F)F)cc1)N1CCN2C(=O)[C@@H]3C[C@@H](O)CN3C(=O)[C@H]2C1. The van der Waals surface area contributed by atoms with Crippen LogP contribution in [0, 0.1) is 0 Å². The summed E-state index contributed by atoms with van der Waals surface area (Å²) in [5.74, 6) is -1.04. The standard InChI is InChI=1S/C18H18F3N3O4/c19-18(20,21)11-3-1-10(2-4-11)15(26)22-5-6-23-14(9-22)17(28)24-8-12(25)7-13(24)16(23)27/h1-4,12-14,25H,5-9H2/t12-,13+,14-/m1/s1. The Morgan fingerprint density at radius 3 is 2.25 bits per heavy atom. The molecule has 150 valence electrons. The molecule has 3 aliphatic rings. The first-order valence-corrected chi connectivity index (χ1v) is 8.92. The number of carbonyl (C=O) groups excluding carboxylic acids is 3. The molecular weight excluding hydrogens is 379 g/mol. The Morgan fingerprint density at radius 1 is 0.964 bits per heavy atom. The van der Waals surface area contributed by atoms with Crippen LogP contribution in [0.5, 0.6) is 0 Å². The van der Waals surface area contributed by atoms with E-state index in [-0.39, 0.29) is 50.0 Å². The third-order valence-electron chi connectivity index (χ3n) is 5.54. The normalized spacial score (nSPS) is 27.7. The van der Waals surface area contributed by atoms with Gasteiger partial charge in [-0.2, -0.15) is 13.2 Å². The van der Waals surface area contributed by atoms with Crippen molar-refractivity contribution in [2.75, 3.05) is 26.2 Å². The number of fused-ring (bicyclic) bond motifs is 2. The second-order valence-corrected chi connectivity index (χ2v) is 7.27. The van der Waals surface area contributed by atoms with E-state index in [9.17, 15) is 32.7 Å². The molecule has 3 amide bonds. The minimum Gasteiger partial charge on any atom is -0.391 e. The molecule has 0 unspecified atom stereocenters. The lowest BCUT2D eigenvalue weighted by Crippen LogP contribution is -2.69. The maximum atomic E-state index is 12.7. The van der Waals surface area contributed by atoms with E-state index in [1.54, 1.807) is 0 Å². The summed E-state index contributed by atoms with van der Waals surface area (Å²) >= 11 is 0. The van der Waals surface area contributed by atoms with E-state index in [2.05, 4.69) is 0 Å². The predicted octanol–water partition coefficient (Wildman–Crippen LogP) is 0.334. The number of halogens is 3. The van der Waals surface area contributed by atoms with Gasteiger partial charge < -0.3 is 19.8 Å². The Morgan fingerprint density at radius 2 is 1.61 bits per heavy atom. The highest BCUT2D eigenvalue weighted by Crippen LogP contribution is 2.31. The summed E-state index contributed by atoms with van der Waals surface area (Å²) < 4.78 is 38.0.